The van der Waals surface area contributed by atoms with Crippen LogP contribution in [0.4, 0.5) is 0 Å². The third kappa shape index (κ3) is 13.4. The van der Waals surface area contributed by atoms with Crippen molar-refractivity contribution < 1.29 is 0 Å². The van der Waals surface area contributed by atoms with Crippen molar-refractivity contribution in [3.05, 3.63) is 387 Å². The summed E-state index contributed by atoms with van der Waals surface area (Å²) in [5.41, 5.74) is 21.7. The van der Waals surface area contributed by atoms with Gasteiger partial charge in [0, 0.05) is 99.4 Å². The van der Waals surface area contributed by atoms with Crippen LogP contribution < -0.4 is 0 Å². The highest BCUT2D eigenvalue weighted by molar-refractivity contribution is 6.14. The monoisotopic (exact) mass is 1540 g/mol. The second-order valence-electron chi connectivity index (χ2n) is 29.6. The van der Waals surface area contributed by atoms with Crippen molar-refractivity contribution in [3.8, 4) is 176 Å². The zero-order valence-corrected chi connectivity index (χ0v) is 64.9. The van der Waals surface area contributed by atoms with Gasteiger partial charge in [0.25, 0.3) is 0 Å². The zero-order chi connectivity index (χ0) is 80.2. The van der Waals surface area contributed by atoms with Crippen LogP contribution in [0.3, 0.4) is 0 Å². The van der Waals surface area contributed by atoms with Crippen molar-refractivity contribution in [1.29, 1.82) is 5.26 Å². The number of benzene rings is 15. The van der Waals surface area contributed by atoms with Crippen LogP contribution in [0.1, 0.15) is 16.7 Å². The van der Waals surface area contributed by atoms with Gasteiger partial charge in [0.15, 0.2) is 69.9 Å². The molecule has 15 heteroatoms. The quantitative estimate of drug-likeness (QED) is 0.0889. The van der Waals surface area contributed by atoms with Gasteiger partial charge in [0.2, 0.25) is 0 Å². The summed E-state index contributed by atoms with van der Waals surface area (Å²) in [7, 11) is 0. The largest absolute Gasteiger partial charge is 0.309 e. The number of hydrogen-bond donors (Lipinski definition) is 0. The molecule has 0 unspecified atom stereocenters. The molecule has 0 bridgehead atoms. The van der Waals surface area contributed by atoms with Crippen molar-refractivity contribution in [1.82, 2.24) is 68.9 Å². The standard InChI is InChI=1S/C105H67N15/c1-65-43-50-81(66(2)57-65)76-45-52-88(119-89-53-46-77(102-111-94(68-27-11-3-12-28-68)107-95(112-102)69-29-13-4-14-30-69)60-84(89)85-61-78(47-54-90(85)119)103-113-96(70-31-15-5-16-32-70)108-97(114-103)71-33-17-6-18-34-71)83(59-76)82-51-44-67(64-106)58-93(82)120-91-55-48-79(104-115-98(72-35-19-7-20-36-72)109-99(116-104)73-37-21-8-22-38-73)62-86(91)87-63-80(49-56-92(87)120)105-117-100(74-39-23-9-24-40-74)110-101(118-105)75-41-25-10-26-42-75/h3-63H,1-2H3. The average Bonchev–Trinajstić information content (AvgIpc) is 1.50. The van der Waals surface area contributed by atoms with Gasteiger partial charge in [0.05, 0.1) is 45.1 Å². The Morgan fingerprint density at radius 3 is 0.717 bits per heavy atom. The van der Waals surface area contributed by atoms with Gasteiger partial charge in [-0.15, -0.1) is 0 Å². The summed E-state index contributed by atoms with van der Waals surface area (Å²) in [4.78, 5) is 62.7. The van der Waals surface area contributed by atoms with Gasteiger partial charge in [-0.2, -0.15) is 5.26 Å². The maximum Gasteiger partial charge on any atom is 0.164 e. The number of rotatable bonds is 16. The SMILES string of the molecule is Cc1ccc(-c2ccc(-n3c4ccc(-c5nc(-c6ccccc6)nc(-c6ccccc6)n5)cc4c4cc(-c5nc(-c6ccccc6)nc(-c6ccccc6)n5)ccc43)c(-c3ccc(C#N)cc3-n3c4ccc(-c5nc(-c6ccccc6)nc(-c6ccccc6)n5)cc4c4cc(-c5nc(-c6ccccc6)nc(-c6ccccc6)n5)ccc43)c2)c(C)c1. The first-order valence-corrected chi connectivity index (χ1v) is 39.6. The number of nitrogens with zero attached hydrogens (tertiary/aromatic N) is 15. The third-order valence-electron chi connectivity index (χ3n) is 21.9. The van der Waals surface area contributed by atoms with Gasteiger partial charge in [-0.25, -0.2) is 59.8 Å². The van der Waals surface area contributed by atoms with Crippen molar-refractivity contribution in [2.45, 2.75) is 13.8 Å². The number of nitriles is 1. The molecular formula is C105H67N15. The average molecular weight is 1540 g/mol. The lowest BCUT2D eigenvalue weighted by Gasteiger charge is -2.20. The molecule has 0 aliphatic rings. The van der Waals surface area contributed by atoms with Gasteiger partial charge >= 0.3 is 0 Å². The van der Waals surface area contributed by atoms with Crippen LogP contribution in [0.15, 0.2) is 370 Å². The van der Waals surface area contributed by atoms with Gasteiger partial charge in [-0.3, -0.25) is 0 Å². The van der Waals surface area contributed by atoms with Crippen LogP contribution in [-0.4, -0.2) is 68.9 Å². The molecule has 21 aromatic rings. The minimum absolute atomic E-state index is 0.466. The maximum atomic E-state index is 11.4. The lowest BCUT2D eigenvalue weighted by atomic mass is 9.93. The minimum atomic E-state index is 0.466. The predicted octanol–water partition coefficient (Wildman–Crippen LogP) is 24.4. The Morgan fingerprint density at radius 1 is 0.200 bits per heavy atom. The lowest BCUT2D eigenvalue weighted by molar-refractivity contribution is 1.07. The van der Waals surface area contributed by atoms with E-state index in [4.69, 9.17) is 59.8 Å². The fourth-order valence-corrected chi connectivity index (χ4v) is 16.1. The first-order valence-electron chi connectivity index (χ1n) is 39.6. The van der Waals surface area contributed by atoms with E-state index < -0.39 is 0 Å². The fourth-order valence-electron chi connectivity index (χ4n) is 16.1. The second-order valence-corrected chi connectivity index (χ2v) is 29.6. The van der Waals surface area contributed by atoms with Crippen molar-refractivity contribution in [2.24, 2.45) is 0 Å². The molecule has 15 aromatic carbocycles. The summed E-state index contributed by atoms with van der Waals surface area (Å²) < 4.78 is 4.67. The highest BCUT2D eigenvalue weighted by Gasteiger charge is 2.27. The molecule has 562 valence electrons. The molecule has 6 aromatic heterocycles. The summed E-state index contributed by atoms with van der Waals surface area (Å²) in [6.07, 6.45) is 0. The van der Waals surface area contributed by atoms with E-state index in [1.165, 1.54) is 0 Å². The Bertz CT molecular complexity index is 6990. The van der Waals surface area contributed by atoms with E-state index in [-0.39, 0.29) is 0 Å². The van der Waals surface area contributed by atoms with E-state index in [0.29, 0.717) is 75.5 Å². The smallest absolute Gasteiger partial charge is 0.164 e. The zero-order valence-electron chi connectivity index (χ0n) is 64.9. The van der Waals surface area contributed by atoms with Gasteiger partial charge in [-0.1, -0.05) is 279 Å². The lowest BCUT2D eigenvalue weighted by Crippen LogP contribution is -2.03. The van der Waals surface area contributed by atoms with Crippen LogP contribution in [0, 0.1) is 25.2 Å². The van der Waals surface area contributed by atoms with Crippen LogP contribution in [0.2, 0.25) is 0 Å². The molecule has 120 heavy (non-hydrogen) atoms. The van der Waals surface area contributed by atoms with E-state index in [1.807, 2.05) is 255 Å². The Morgan fingerprint density at radius 2 is 0.450 bits per heavy atom. The number of aromatic nitrogens is 14. The molecule has 0 atom stereocenters. The molecule has 0 saturated heterocycles. The highest BCUT2D eigenvalue weighted by Crippen LogP contribution is 2.46. The molecule has 15 nitrogen and oxygen atoms in total. The van der Waals surface area contributed by atoms with Gasteiger partial charge in [-0.05, 0) is 128 Å². The highest BCUT2D eigenvalue weighted by atomic mass is 15.1. The summed E-state index contributed by atoms with van der Waals surface area (Å²) >= 11 is 0. The predicted molar refractivity (Wildman–Crippen MR) is 479 cm³/mol. The molecule has 0 radical (unpaired) electrons. The Labute approximate surface area is 690 Å². The fraction of sp³-hybridized carbons (Fsp3) is 0.0190. The topological polar surface area (TPSA) is 188 Å². The first-order chi connectivity index (χ1) is 59.2. The number of hydrogen-bond acceptors (Lipinski definition) is 13. The van der Waals surface area contributed by atoms with Crippen LogP contribution in [0.25, 0.3) is 214 Å². The Balaban J connectivity index is 0.825. The summed E-state index contributed by atoms with van der Waals surface area (Å²) in [6, 6.07) is 128. The minimum Gasteiger partial charge on any atom is -0.309 e. The Kier molecular flexibility index (Phi) is 18.0. The van der Waals surface area contributed by atoms with Crippen LogP contribution >= 0.6 is 0 Å². The van der Waals surface area contributed by atoms with Crippen LogP contribution in [0.5, 0.6) is 0 Å². The normalized spacial score (nSPS) is 11.4. The van der Waals surface area contributed by atoms with E-state index in [1.54, 1.807) is 0 Å². The molecule has 0 fully saturated rings. The van der Waals surface area contributed by atoms with E-state index in [2.05, 4.69) is 144 Å². The molecule has 0 N–H and O–H groups in total. The second kappa shape index (κ2) is 30.3. The van der Waals surface area contributed by atoms with Crippen molar-refractivity contribution in [2.75, 3.05) is 0 Å². The maximum absolute atomic E-state index is 11.4. The van der Waals surface area contributed by atoms with E-state index in [9.17, 15) is 5.26 Å². The van der Waals surface area contributed by atoms with Gasteiger partial charge < -0.3 is 9.13 Å². The molecule has 6 heterocycles. The van der Waals surface area contributed by atoms with E-state index in [0.717, 1.165) is 155 Å². The van der Waals surface area contributed by atoms with Gasteiger partial charge in [0.1, 0.15) is 0 Å². The molecule has 0 aliphatic heterocycles. The van der Waals surface area contributed by atoms with E-state index >= 15 is 0 Å². The third-order valence-corrected chi connectivity index (χ3v) is 21.9. The molecule has 0 spiro atoms. The van der Waals surface area contributed by atoms with Crippen LogP contribution in [-0.2, 0) is 0 Å². The number of fused-ring (bicyclic) bond motifs is 6. The molecule has 0 aliphatic carbocycles. The number of aryl methyl sites for hydroxylation is 2. The molecule has 0 amide bonds. The molecular weight excluding hydrogens is 1470 g/mol. The van der Waals surface area contributed by atoms with Crippen molar-refractivity contribution in [3.63, 3.8) is 0 Å². The van der Waals surface area contributed by atoms with Crippen molar-refractivity contribution >= 4 is 43.6 Å². The summed E-state index contributed by atoms with van der Waals surface area (Å²) in [6.45, 7) is 4.30. The summed E-state index contributed by atoms with van der Waals surface area (Å²) in [5.74, 6) is 6.37. The molecule has 21 rings (SSSR count). The summed E-state index contributed by atoms with van der Waals surface area (Å²) in [5, 5.41) is 15.0. The Hall–Kier alpha value is -16.6. The first kappa shape index (κ1) is 71.2. The molecule has 0 saturated carbocycles.